The Hall–Kier alpha value is -2.17. The summed E-state index contributed by atoms with van der Waals surface area (Å²) in [6, 6.07) is 14.6. The van der Waals surface area contributed by atoms with Crippen LogP contribution in [0.4, 0.5) is 5.69 Å². The van der Waals surface area contributed by atoms with Crippen molar-refractivity contribution in [2.75, 3.05) is 4.90 Å². The third-order valence-corrected chi connectivity index (χ3v) is 7.06. The first-order valence-corrected chi connectivity index (χ1v) is 10.9. The van der Waals surface area contributed by atoms with E-state index < -0.39 is 17.4 Å². The molecule has 1 saturated carbocycles. The maximum Gasteiger partial charge on any atom is 0.264 e. The highest BCUT2D eigenvalue weighted by Gasteiger charge is 2.58. The summed E-state index contributed by atoms with van der Waals surface area (Å²) < 4.78 is 0. The number of nitrogens with zero attached hydrogens (tertiary/aromatic N) is 1. The molecule has 0 radical (unpaired) electrons. The van der Waals surface area contributed by atoms with Crippen molar-refractivity contribution < 1.29 is 14.7 Å². The zero-order valence-electron chi connectivity index (χ0n) is 17.7. The predicted octanol–water partition coefficient (Wildman–Crippen LogP) is 5.11. The lowest BCUT2D eigenvalue weighted by molar-refractivity contribution is -0.154. The Morgan fingerprint density at radius 1 is 1.10 bits per heavy atom. The minimum absolute atomic E-state index is 0.0134. The molecule has 0 aromatic heterocycles. The van der Waals surface area contributed by atoms with Gasteiger partial charge in [-0.1, -0.05) is 62.7 Å². The summed E-state index contributed by atoms with van der Waals surface area (Å²) in [5.41, 5.74) is 0.320. The van der Waals surface area contributed by atoms with Crippen LogP contribution in [0.25, 0.3) is 0 Å². The average molecular weight is 426 g/mol. The molecule has 1 N–H and O–H groups in total. The molecule has 158 valence electrons. The van der Waals surface area contributed by atoms with Gasteiger partial charge in [0, 0.05) is 17.0 Å². The molecule has 1 amide bonds. The highest BCUT2D eigenvalue weighted by molar-refractivity contribution is 6.30. The van der Waals surface area contributed by atoms with Crippen molar-refractivity contribution in [3.63, 3.8) is 0 Å². The van der Waals surface area contributed by atoms with Crippen molar-refractivity contribution in [1.29, 1.82) is 0 Å². The van der Waals surface area contributed by atoms with Gasteiger partial charge in [-0.2, -0.15) is 0 Å². The zero-order valence-corrected chi connectivity index (χ0v) is 18.4. The minimum Gasteiger partial charge on any atom is -0.375 e. The van der Waals surface area contributed by atoms with Gasteiger partial charge in [-0.3, -0.25) is 9.59 Å². The van der Waals surface area contributed by atoms with Gasteiger partial charge in [0.2, 0.25) is 0 Å². The van der Waals surface area contributed by atoms with E-state index in [1.165, 1.54) is 0 Å². The Kier molecular flexibility index (Phi) is 5.27. The minimum atomic E-state index is -1.82. The Balaban J connectivity index is 1.73. The second kappa shape index (κ2) is 7.51. The van der Waals surface area contributed by atoms with Crippen LogP contribution in [0, 0.1) is 17.3 Å². The van der Waals surface area contributed by atoms with Crippen LogP contribution in [0.3, 0.4) is 0 Å². The third kappa shape index (κ3) is 3.46. The van der Waals surface area contributed by atoms with Crippen molar-refractivity contribution in [2.45, 2.75) is 52.2 Å². The molecule has 0 saturated heterocycles. The maximum absolute atomic E-state index is 13.7. The number of Topliss-reactive ketones (excluding diaryl/α,β-unsaturated/α-hetero) is 1. The number of amides is 1. The van der Waals surface area contributed by atoms with E-state index in [0.717, 1.165) is 12.0 Å². The molecule has 0 unspecified atom stereocenters. The number of carbonyl (C=O) groups is 2. The molecule has 0 bridgehead atoms. The molecular formula is C25H28ClNO3. The van der Waals surface area contributed by atoms with Crippen LogP contribution in [0.2, 0.25) is 5.02 Å². The predicted molar refractivity (Wildman–Crippen MR) is 118 cm³/mol. The molecule has 4 rings (SSSR count). The number of benzene rings is 2. The summed E-state index contributed by atoms with van der Waals surface area (Å²) in [6.07, 6.45) is 1.73. The van der Waals surface area contributed by atoms with Crippen LogP contribution in [0.1, 0.15) is 51.2 Å². The molecule has 0 spiro atoms. The lowest BCUT2D eigenvalue weighted by Gasteiger charge is -2.41. The summed E-state index contributed by atoms with van der Waals surface area (Å²) >= 11 is 5.99. The van der Waals surface area contributed by atoms with Gasteiger partial charge in [-0.05, 0) is 47.9 Å². The van der Waals surface area contributed by atoms with Crippen LogP contribution in [-0.4, -0.2) is 16.8 Å². The van der Waals surface area contributed by atoms with Gasteiger partial charge in [-0.15, -0.1) is 0 Å². The van der Waals surface area contributed by atoms with Crippen molar-refractivity contribution in [3.05, 3.63) is 64.7 Å². The number of hydrogen-bond donors (Lipinski definition) is 1. The van der Waals surface area contributed by atoms with E-state index in [0.29, 0.717) is 35.7 Å². The van der Waals surface area contributed by atoms with E-state index in [-0.39, 0.29) is 17.1 Å². The number of hydrogen-bond acceptors (Lipinski definition) is 3. The molecule has 1 fully saturated rings. The first-order valence-electron chi connectivity index (χ1n) is 10.5. The third-order valence-electron chi connectivity index (χ3n) is 6.81. The fourth-order valence-electron chi connectivity index (χ4n) is 4.94. The van der Waals surface area contributed by atoms with Crippen molar-refractivity contribution in [2.24, 2.45) is 17.3 Å². The number of anilines is 1. The number of ketones is 1. The van der Waals surface area contributed by atoms with Crippen LogP contribution in [-0.2, 0) is 21.7 Å². The highest BCUT2D eigenvalue weighted by atomic mass is 35.5. The largest absolute Gasteiger partial charge is 0.375 e. The lowest BCUT2D eigenvalue weighted by Crippen LogP contribution is -2.51. The summed E-state index contributed by atoms with van der Waals surface area (Å²) in [5.74, 6) is -0.880. The SMILES string of the molecule is CC(C)(C)[C@@H]1CCC(=O)[C@@H]([C@]2(O)C(=O)N(Cc3ccc(Cl)cc3)c3ccccc32)C1. The average Bonchev–Trinajstić information content (AvgIpc) is 2.92. The van der Waals surface area contributed by atoms with Gasteiger partial charge in [0.05, 0.1) is 18.2 Å². The standard InChI is InChI=1S/C25H28ClNO3/c1-24(2,3)17-10-13-22(28)20(14-17)25(30)19-6-4-5-7-21(19)27(23(25)29)15-16-8-11-18(26)12-9-16/h4-9,11-12,17,20,30H,10,13-15H2,1-3H3/t17-,20+,25+/m1/s1. The molecule has 1 aliphatic carbocycles. The number of halogens is 1. The van der Waals surface area contributed by atoms with Gasteiger partial charge < -0.3 is 10.0 Å². The van der Waals surface area contributed by atoms with Gasteiger partial charge >= 0.3 is 0 Å². The van der Waals surface area contributed by atoms with E-state index in [2.05, 4.69) is 20.8 Å². The normalized spacial score (nSPS) is 26.8. The molecule has 30 heavy (non-hydrogen) atoms. The molecule has 5 heteroatoms. The second-order valence-electron chi connectivity index (χ2n) is 9.66. The Labute approximate surface area is 182 Å². The molecule has 3 atom stereocenters. The number of carbonyl (C=O) groups excluding carboxylic acids is 2. The summed E-state index contributed by atoms with van der Waals surface area (Å²) in [5, 5.41) is 12.5. The van der Waals surface area contributed by atoms with Crippen LogP contribution in [0.5, 0.6) is 0 Å². The van der Waals surface area contributed by atoms with Crippen molar-refractivity contribution in [3.8, 4) is 0 Å². The van der Waals surface area contributed by atoms with E-state index in [4.69, 9.17) is 11.6 Å². The molecule has 1 aliphatic heterocycles. The Morgan fingerprint density at radius 2 is 1.77 bits per heavy atom. The second-order valence-corrected chi connectivity index (χ2v) is 10.1. The summed E-state index contributed by atoms with van der Waals surface area (Å²) in [7, 11) is 0. The fraction of sp³-hybridized carbons (Fsp3) is 0.440. The summed E-state index contributed by atoms with van der Waals surface area (Å²) in [4.78, 5) is 28.2. The number of para-hydroxylation sites is 1. The number of fused-ring (bicyclic) bond motifs is 1. The fourth-order valence-corrected chi connectivity index (χ4v) is 5.07. The smallest absolute Gasteiger partial charge is 0.264 e. The number of aliphatic hydroxyl groups is 1. The maximum atomic E-state index is 13.7. The summed E-state index contributed by atoms with van der Waals surface area (Å²) in [6.45, 7) is 6.79. The van der Waals surface area contributed by atoms with Gasteiger partial charge in [0.25, 0.3) is 5.91 Å². The first-order chi connectivity index (χ1) is 14.1. The zero-order chi connectivity index (χ0) is 21.7. The topological polar surface area (TPSA) is 57.6 Å². The molecule has 1 heterocycles. The quantitative estimate of drug-likeness (QED) is 0.743. The Bertz CT molecular complexity index is 979. The van der Waals surface area contributed by atoms with E-state index in [1.54, 1.807) is 23.1 Å². The number of rotatable bonds is 3. The van der Waals surface area contributed by atoms with Crippen LogP contribution in [0.15, 0.2) is 48.5 Å². The molecular weight excluding hydrogens is 398 g/mol. The van der Waals surface area contributed by atoms with E-state index >= 15 is 0 Å². The van der Waals surface area contributed by atoms with Gasteiger partial charge in [0.1, 0.15) is 5.78 Å². The lowest BCUT2D eigenvalue weighted by atomic mass is 9.63. The molecule has 2 aromatic rings. The monoisotopic (exact) mass is 425 g/mol. The first kappa shape index (κ1) is 21.1. The molecule has 4 nitrogen and oxygen atoms in total. The molecule has 2 aromatic carbocycles. The van der Waals surface area contributed by atoms with E-state index in [1.807, 2.05) is 30.3 Å². The van der Waals surface area contributed by atoms with Crippen LogP contribution < -0.4 is 4.90 Å². The Morgan fingerprint density at radius 3 is 2.43 bits per heavy atom. The van der Waals surface area contributed by atoms with Crippen LogP contribution >= 0.6 is 11.6 Å². The highest BCUT2D eigenvalue weighted by Crippen LogP contribution is 2.51. The van der Waals surface area contributed by atoms with Crippen molar-refractivity contribution >= 4 is 29.0 Å². The molecule has 2 aliphatic rings. The van der Waals surface area contributed by atoms with Gasteiger partial charge in [0.15, 0.2) is 5.60 Å². The van der Waals surface area contributed by atoms with Crippen molar-refractivity contribution in [1.82, 2.24) is 0 Å². The van der Waals surface area contributed by atoms with E-state index in [9.17, 15) is 14.7 Å². The van der Waals surface area contributed by atoms with Gasteiger partial charge in [-0.25, -0.2) is 0 Å².